The number of rotatable bonds is 7. The lowest BCUT2D eigenvalue weighted by Gasteiger charge is -2.12. The summed E-state index contributed by atoms with van der Waals surface area (Å²) < 4.78 is 9.93. The zero-order valence-electron chi connectivity index (χ0n) is 14.8. The zero-order chi connectivity index (χ0) is 19.6. The lowest BCUT2D eigenvalue weighted by atomic mass is 10.0. The molecule has 1 N–H and O–H groups in total. The molecule has 142 valence electrons. The van der Waals surface area contributed by atoms with Crippen LogP contribution in [-0.2, 0) is 20.9 Å². The van der Waals surface area contributed by atoms with Gasteiger partial charge in [0, 0.05) is 11.4 Å². The van der Waals surface area contributed by atoms with E-state index < -0.39 is 18.2 Å². The van der Waals surface area contributed by atoms with Gasteiger partial charge in [-0.3, -0.25) is 0 Å². The van der Waals surface area contributed by atoms with Gasteiger partial charge in [0.05, 0.1) is 12.3 Å². The van der Waals surface area contributed by atoms with E-state index in [-0.39, 0.29) is 25.3 Å². The zero-order valence-corrected chi connectivity index (χ0v) is 15.6. The number of aliphatic imine (C=N–C) groups is 1. The fraction of sp³-hybridized carbons (Fsp3) is 0.250. The van der Waals surface area contributed by atoms with Crippen LogP contribution in [0.2, 0.25) is 5.02 Å². The van der Waals surface area contributed by atoms with Gasteiger partial charge in [0.1, 0.15) is 6.61 Å². The van der Waals surface area contributed by atoms with Crippen molar-refractivity contribution >= 4 is 29.4 Å². The average molecular weight is 390 g/mol. The van der Waals surface area contributed by atoms with Gasteiger partial charge in [-0.2, -0.15) is 4.99 Å². The van der Waals surface area contributed by atoms with Crippen LogP contribution in [0.1, 0.15) is 24.5 Å². The number of amides is 1. The summed E-state index contributed by atoms with van der Waals surface area (Å²) in [5.41, 5.74) is 1.56. The van der Waals surface area contributed by atoms with Crippen LogP contribution in [-0.4, -0.2) is 35.6 Å². The third kappa shape index (κ3) is 6.84. The summed E-state index contributed by atoms with van der Waals surface area (Å²) in [5.74, 6) is -0.781. The molecule has 0 aliphatic carbocycles. The third-order valence-electron chi connectivity index (χ3n) is 3.55. The molecular weight excluding hydrogens is 370 g/mol. The minimum atomic E-state index is -1.44. The lowest BCUT2D eigenvalue weighted by molar-refractivity contribution is -0.152. The maximum atomic E-state index is 12.1. The standard InChI is InChI=1S/C20H20ClNO5/c1-2-26-19(24)18(23)12-17(15-8-10-16(21)11-9-15)22-20(25)27-13-14-6-4-3-5-7-14/h3-11,18,23H,2,12-13H2,1H3/b22-17-/t18-/m0/s1. The first kappa shape index (κ1) is 20.6. The number of carbonyl (C=O) groups is 2. The molecule has 27 heavy (non-hydrogen) atoms. The maximum absolute atomic E-state index is 12.1. The predicted molar refractivity (Wildman–Crippen MR) is 102 cm³/mol. The summed E-state index contributed by atoms with van der Waals surface area (Å²) in [4.78, 5) is 27.7. The summed E-state index contributed by atoms with van der Waals surface area (Å²) >= 11 is 5.88. The first-order valence-electron chi connectivity index (χ1n) is 8.38. The Labute approximate surface area is 162 Å². The molecule has 0 spiro atoms. The van der Waals surface area contributed by atoms with Crippen LogP contribution in [0.25, 0.3) is 0 Å². The number of carbonyl (C=O) groups excluding carboxylic acids is 2. The Morgan fingerprint density at radius 1 is 1.07 bits per heavy atom. The molecule has 0 heterocycles. The molecule has 0 unspecified atom stereocenters. The molecule has 2 aromatic rings. The first-order chi connectivity index (χ1) is 13.0. The minimum Gasteiger partial charge on any atom is -0.464 e. The molecule has 0 aromatic heterocycles. The molecule has 0 fully saturated rings. The summed E-state index contributed by atoms with van der Waals surface area (Å²) in [7, 11) is 0. The van der Waals surface area contributed by atoms with Crippen molar-refractivity contribution in [1.29, 1.82) is 0 Å². The van der Waals surface area contributed by atoms with Gasteiger partial charge in [0.25, 0.3) is 0 Å². The summed E-state index contributed by atoms with van der Waals surface area (Å²) in [6.45, 7) is 1.85. The number of benzene rings is 2. The van der Waals surface area contributed by atoms with Crippen molar-refractivity contribution in [2.45, 2.75) is 26.1 Å². The maximum Gasteiger partial charge on any atom is 0.434 e. The normalized spacial score (nSPS) is 12.3. The van der Waals surface area contributed by atoms with Crippen molar-refractivity contribution < 1.29 is 24.2 Å². The van der Waals surface area contributed by atoms with Gasteiger partial charge in [-0.25, -0.2) is 9.59 Å². The second kappa shape index (κ2) is 10.4. The summed E-state index contributed by atoms with van der Waals surface area (Å²) in [6, 6.07) is 15.7. The summed E-state index contributed by atoms with van der Waals surface area (Å²) in [6.07, 6.45) is -2.46. The van der Waals surface area contributed by atoms with E-state index in [1.807, 2.05) is 30.3 Å². The van der Waals surface area contributed by atoms with E-state index in [0.717, 1.165) is 5.56 Å². The number of esters is 1. The van der Waals surface area contributed by atoms with Crippen LogP contribution >= 0.6 is 11.6 Å². The van der Waals surface area contributed by atoms with E-state index >= 15 is 0 Å². The Kier molecular flexibility index (Phi) is 7.98. The van der Waals surface area contributed by atoms with Crippen LogP contribution in [0.4, 0.5) is 4.79 Å². The van der Waals surface area contributed by atoms with Crippen LogP contribution in [0, 0.1) is 0 Å². The number of ether oxygens (including phenoxy) is 2. The number of aliphatic hydroxyl groups excluding tert-OH is 1. The van der Waals surface area contributed by atoms with Gasteiger partial charge >= 0.3 is 12.1 Å². The monoisotopic (exact) mass is 389 g/mol. The van der Waals surface area contributed by atoms with E-state index in [0.29, 0.717) is 10.6 Å². The highest BCUT2D eigenvalue weighted by Gasteiger charge is 2.21. The molecule has 0 aliphatic rings. The number of halogens is 1. The Hall–Kier alpha value is -2.70. The van der Waals surface area contributed by atoms with Crippen molar-refractivity contribution in [1.82, 2.24) is 0 Å². The minimum absolute atomic E-state index is 0.0670. The fourth-order valence-electron chi connectivity index (χ4n) is 2.24. The largest absolute Gasteiger partial charge is 0.464 e. The second-order valence-corrected chi connectivity index (χ2v) is 6.01. The van der Waals surface area contributed by atoms with E-state index in [2.05, 4.69) is 4.99 Å². The quantitative estimate of drug-likeness (QED) is 0.575. The molecule has 7 heteroatoms. The molecule has 0 aliphatic heterocycles. The molecular formula is C20H20ClNO5. The number of hydrogen-bond acceptors (Lipinski definition) is 5. The van der Waals surface area contributed by atoms with E-state index in [1.165, 1.54) is 0 Å². The average Bonchev–Trinajstić information content (AvgIpc) is 2.67. The van der Waals surface area contributed by atoms with E-state index in [9.17, 15) is 14.7 Å². The number of aliphatic hydroxyl groups is 1. The molecule has 1 atom stereocenters. The topological polar surface area (TPSA) is 85.2 Å². The van der Waals surface area contributed by atoms with E-state index in [4.69, 9.17) is 21.1 Å². The Balaban J connectivity index is 2.14. The lowest BCUT2D eigenvalue weighted by Crippen LogP contribution is -2.26. The van der Waals surface area contributed by atoms with Gasteiger partial charge in [-0.1, -0.05) is 54.1 Å². The van der Waals surface area contributed by atoms with Crippen LogP contribution in [0.5, 0.6) is 0 Å². The number of nitrogens with zero attached hydrogens (tertiary/aromatic N) is 1. The van der Waals surface area contributed by atoms with Gasteiger partial charge in [0.2, 0.25) is 0 Å². The molecule has 0 saturated carbocycles. The van der Waals surface area contributed by atoms with Gasteiger partial charge in [0.15, 0.2) is 6.10 Å². The van der Waals surface area contributed by atoms with Crippen LogP contribution in [0.3, 0.4) is 0 Å². The highest BCUT2D eigenvalue weighted by atomic mass is 35.5. The Morgan fingerprint density at radius 3 is 2.37 bits per heavy atom. The third-order valence-corrected chi connectivity index (χ3v) is 3.81. The van der Waals surface area contributed by atoms with Gasteiger partial charge in [-0.15, -0.1) is 0 Å². The number of hydrogen-bond donors (Lipinski definition) is 1. The highest BCUT2D eigenvalue weighted by molar-refractivity contribution is 6.30. The molecule has 6 nitrogen and oxygen atoms in total. The highest BCUT2D eigenvalue weighted by Crippen LogP contribution is 2.14. The van der Waals surface area contributed by atoms with E-state index in [1.54, 1.807) is 31.2 Å². The molecule has 0 radical (unpaired) electrons. The Bertz CT molecular complexity index is 790. The second-order valence-electron chi connectivity index (χ2n) is 5.58. The van der Waals surface area contributed by atoms with Crippen molar-refractivity contribution in [3.05, 3.63) is 70.7 Å². The molecule has 2 rings (SSSR count). The predicted octanol–water partition coefficient (Wildman–Crippen LogP) is 3.78. The molecule has 0 saturated heterocycles. The van der Waals surface area contributed by atoms with Crippen molar-refractivity contribution in [3.8, 4) is 0 Å². The summed E-state index contributed by atoms with van der Waals surface area (Å²) in [5, 5.41) is 10.5. The molecule has 1 amide bonds. The SMILES string of the molecule is CCOC(=O)[C@@H](O)C/C(=N/C(=O)OCc1ccccc1)c1ccc(Cl)cc1. The van der Waals surface area contributed by atoms with Crippen LogP contribution < -0.4 is 0 Å². The van der Waals surface area contributed by atoms with Crippen LogP contribution in [0.15, 0.2) is 59.6 Å². The smallest absolute Gasteiger partial charge is 0.434 e. The van der Waals surface area contributed by atoms with Gasteiger partial charge in [-0.05, 0) is 30.2 Å². The van der Waals surface area contributed by atoms with Crippen molar-refractivity contribution in [3.63, 3.8) is 0 Å². The van der Waals surface area contributed by atoms with Crippen molar-refractivity contribution in [2.24, 2.45) is 4.99 Å². The Morgan fingerprint density at radius 2 is 1.74 bits per heavy atom. The first-order valence-corrected chi connectivity index (χ1v) is 8.76. The van der Waals surface area contributed by atoms with Crippen molar-refractivity contribution in [2.75, 3.05) is 6.61 Å². The molecule has 2 aromatic carbocycles. The van der Waals surface area contributed by atoms with Gasteiger partial charge < -0.3 is 14.6 Å². The molecule has 0 bridgehead atoms. The fourth-order valence-corrected chi connectivity index (χ4v) is 2.36.